The summed E-state index contributed by atoms with van der Waals surface area (Å²) < 4.78 is 40.5. The largest absolute Gasteiger partial charge is 0.406 e. The molecule has 2 aromatic rings. The predicted molar refractivity (Wildman–Crippen MR) is 93.2 cm³/mol. The van der Waals surface area contributed by atoms with E-state index in [0.29, 0.717) is 10.7 Å². The molecule has 0 radical (unpaired) electrons. The summed E-state index contributed by atoms with van der Waals surface area (Å²) in [7, 11) is 0. The Kier molecular flexibility index (Phi) is 6.21. The molecule has 1 N–H and O–H groups in total. The molecule has 0 aliphatic heterocycles. The van der Waals surface area contributed by atoms with Crippen LogP contribution >= 0.6 is 11.8 Å². The number of halogens is 3. The van der Waals surface area contributed by atoms with Gasteiger partial charge in [-0.15, -0.1) is 0 Å². The highest BCUT2D eigenvalue weighted by molar-refractivity contribution is 7.99. The summed E-state index contributed by atoms with van der Waals surface area (Å²) in [6, 6.07) is 5.94. The molecular weight excluding hydrogens is 349 g/mol. The van der Waals surface area contributed by atoms with E-state index in [-0.39, 0.29) is 24.8 Å². The molecule has 2 rings (SSSR count). The molecule has 1 heterocycles. The number of nitrogens with zero attached hydrogens (tertiary/aromatic N) is 2. The standard InChI is InChI=1S/C18H23F3N2OS/c1-11(2)16-17(25-14-8-12(3)7-13(4)9-14)23(10-18(19,20)21)15(22-16)5-6-24/h7-9,11,24H,5-6,10H2,1-4H3. The SMILES string of the molecule is Cc1cc(C)cc(Sc2c(C(C)C)nc(CCO)n2CC(F)(F)F)c1. The van der Waals surface area contributed by atoms with Gasteiger partial charge in [-0.2, -0.15) is 13.2 Å². The number of rotatable bonds is 6. The lowest BCUT2D eigenvalue weighted by atomic mass is 10.1. The molecule has 138 valence electrons. The molecule has 0 amide bonds. The Morgan fingerprint density at radius 1 is 1.16 bits per heavy atom. The van der Waals surface area contributed by atoms with E-state index in [1.807, 2.05) is 45.9 Å². The number of aliphatic hydroxyl groups is 1. The third-order valence-corrected chi connectivity index (χ3v) is 4.75. The predicted octanol–water partition coefficient (Wildman–Crippen LogP) is 4.87. The molecule has 0 saturated heterocycles. The first-order valence-corrected chi connectivity index (χ1v) is 8.95. The molecule has 1 aromatic heterocycles. The zero-order valence-corrected chi connectivity index (χ0v) is 15.6. The van der Waals surface area contributed by atoms with Gasteiger partial charge in [-0.05, 0) is 43.0 Å². The van der Waals surface area contributed by atoms with Gasteiger partial charge in [0.15, 0.2) is 0 Å². The van der Waals surface area contributed by atoms with Crippen molar-refractivity contribution >= 4 is 11.8 Å². The molecule has 0 spiro atoms. The van der Waals surface area contributed by atoms with Crippen LogP contribution in [-0.2, 0) is 13.0 Å². The molecule has 0 fully saturated rings. The smallest absolute Gasteiger partial charge is 0.396 e. The van der Waals surface area contributed by atoms with Crippen LogP contribution in [0.5, 0.6) is 0 Å². The van der Waals surface area contributed by atoms with Gasteiger partial charge in [0.05, 0.1) is 12.3 Å². The van der Waals surface area contributed by atoms with Gasteiger partial charge < -0.3 is 9.67 Å². The number of imidazole rings is 1. The molecule has 0 aliphatic rings. The van der Waals surface area contributed by atoms with E-state index in [1.54, 1.807) is 0 Å². The fourth-order valence-corrected chi connectivity index (χ4v) is 4.10. The average Bonchev–Trinajstić information content (AvgIpc) is 2.75. The molecule has 0 saturated carbocycles. The van der Waals surface area contributed by atoms with E-state index in [2.05, 4.69) is 4.98 Å². The first-order chi connectivity index (χ1) is 11.6. The van der Waals surface area contributed by atoms with Crippen molar-refractivity contribution in [2.75, 3.05) is 6.61 Å². The van der Waals surface area contributed by atoms with Crippen LogP contribution in [0.15, 0.2) is 28.1 Å². The third-order valence-electron chi connectivity index (χ3n) is 3.65. The maximum absolute atomic E-state index is 13.1. The minimum absolute atomic E-state index is 0.0136. The summed E-state index contributed by atoms with van der Waals surface area (Å²) in [6.45, 7) is 6.41. The molecule has 0 unspecified atom stereocenters. The molecule has 1 aromatic carbocycles. The van der Waals surface area contributed by atoms with Crippen LogP contribution in [0.4, 0.5) is 13.2 Å². The van der Waals surface area contributed by atoms with E-state index in [0.717, 1.165) is 16.0 Å². The summed E-state index contributed by atoms with van der Waals surface area (Å²) >= 11 is 1.30. The second-order valence-corrected chi connectivity index (χ2v) is 7.54. The van der Waals surface area contributed by atoms with Crippen molar-refractivity contribution in [3.63, 3.8) is 0 Å². The average molecular weight is 372 g/mol. The van der Waals surface area contributed by atoms with Crippen molar-refractivity contribution in [1.29, 1.82) is 0 Å². The lowest BCUT2D eigenvalue weighted by molar-refractivity contribution is -0.142. The second kappa shape index (κ2) is 7.83. The van der Waals surface area contributed by atoms with Crippen molar-refractivity contribution in [3.05, 3.63) is 40.8 Å². The maximum Gasteiger partial charge on any atom is 0.406 e. The molecule has 0 aliphatic carbocycles. The Morgan fingerprint density at radius 3 is 2.24 bits per heavy atom. The number of hydrogen-bond acceptors (Lipinski definition) is 3. The van der Waals surface area contributed by atoms with Crippen LogP contribution in [0, 0.1) is 13.8 Å². The Morgan fingerprint density at radius 2 is 1.76 bits per heavy atom. The van der Waals surface area contributed by atoms with Crippen molar-refractivity contribution in [1.82, 2.24) is 9.55 Å². The molecule has 7 heteroatoms. The quantitative estimate of drug-likeness (QED) is 0.786. The van der Waals surface area contributed by atoms with Crippen molar-refractivity contribution in [2.24, 2.45) is 0 Å². The number of benzene rings is 1. The fraction of sp³-hybridized carbons (Fsp3) is 0.500. The Balaban J connectivity index is 2.55. The zero-order chi connectivity index (χ0) is 18.8. The second-order valence-electron chi connectivity index (χ2n) is 6.47. The van der Waals surface area contributed by atoms with Gasteiger partial charge in [-0.1, -0.05) is 31.7 Å². The Hall–Kier alpha value is -1.47. The molecule has 3 nitrogen and oxygen atoms in total. The van der Waals surface area contributed by atoms with Gasteiger partial charge >= 0.3 is 6.18 Å². The van der Waals surface area contributed by atoms with Crippen molar-refractivity contribution in [2.45, 2.75) is 62.7 Å². The van der Waals surface area contributed by atoms with E-state index < -0.39 is 12.7 Å². The van der Waals surface area contributed by atoms with Crippen LogP contribution in [0.3, 0.4) is 0 Å². The van der Waals surface area contributed by atoms with Crippen LogP contribution in [-0.4, -0.2) is 27.4 Å². The highest BCUT2D eigenvalue weighted by Crippen LogP contribution is 2.37. The van der Waals surface area contributed by atoms with E-state index >= 15 is 0 Å². The molecule has 0 atom stereocenters. The van der Waals surface area contributed by atoms with Gasteiger partial charge in [0.2, 0.25) is 0 Å². The maximum atomic E-state index is 13.1. The number of alkyl halides is 3. The van der Waals surface area contributed by atoms with Crippen LogP contribution in [0.25, 0.3) is 0 Å². The highest BCUT2D eigenvalue weighted by Gasteiger charge is 2.32. The number of aromatic nitrogens is 2. The minimum atomic E-state index is -4.35. The van der Waals surface area contributed by atoms with Crippen molar-refractivity contribution < 1.29 is 18.3 Å². The van der Waals surface area contributed by atoms with Gasteiger partial charge in [0.25, 0.3) is 0 Å². The van der Waals surface area contributed by atoms with Crippen LogP contribution in [0.1, 0.15) is 42.4 Å². The molecular formula is C18H23F3N2OS. The lowest BCUT2D eigenvalue weighted by Gasteiger charge is -2.15. The number of aryl methyl sites for hydroxylation is 2. The fourth-order valence-electron chi connectivity index (χ4n) is 2.72. The van der Waals surface area contributed by atoms with Gasteiger partial charge in [-0.25, -0.2) is 4.98 Å². The Labute approximate surface area is 150 Å². The highest BCUT2D eigenvalue weighted by atomic mass is 32.2. The van der Waals surface area contributed by atoms with Gasteiger partial charge in [0.1, 0.15) is 17.4 Å². The molecule has 0 bridgehead atoms. The van der Waals surface area contributed by atoms with E-state index in [1.165, 1.54) is 16.3 Å². The third kappa shape index (κ3) is 5.25. The monoisotopic (exact) mass is 372 g/mol. The summed E-state index contributed by atoms with van der Waals surface area (Å²) in [5.74, 6) is 0.260. The minimum Gasteiger partial charge on any atom is -0.396 e. The first-order valence-electron chi connectivity index (χ1n) is 8.13. The summed E-state index contributed by atoms with van der Waals surface area (Å²) in [5, 5.41) is 9.70. The summed E-state index contributed by atoms with van der Waals surface area (Å²) in [4.78, 5) is 5.29. The zero-order valence-electron chi connectivity index (χ0n) is 14.8. The van der Waals surface area contributed by atoms with E-state index in [4.69, 9.17) is 0 Å². The van der Waals surface area contributed by atoms with Gasteiger partial charge in [-0.3, -0.25) is 0 Å². The lowest BCUT2D eigenvalue weighted by Crippen LogP contribution is -2.20. The number of aliphatic hydroxyl groups excluding tert-OH is 1. The van der Waals surface area contributed by atoms with Crippen molar-refractivity contribution in [3.8, 4) is 0 Å². The topological polar surface area (TPSA) is 38.1 Å². The van der Waals surface area contributed by atoms with E-state index in [9.17, 15) is 18.3 Å². The normalized spacial score (nSPS) is 12.2. The summed E-state index contributed by atoms with van der Waals surface area (Å²) in [6.07, 6.45) is -4.25. The first kappa shape index (κ1) is 19.8. The number of hydrogen-bond donors (Lipinski definition) is 1. The van der Waals surface area contributed by atoms with Gasteiger partial charge in [0, 0.05) is 11.3 Å². The van der Waals surface area contributed by atoms with Crippen LogP contribution < -0.4 is 0 Å². The van der Waals surface area contributed by atoms with Crippen LogP contribution in [0.2, 0.25) is 0 Å². The molecule has 25 heavy (non-hydrogen) atoms. The Bertz CT molecular complexity index is 718. The summed E-state index contributed by atoms with van der Waals surface area (Å²) in [5.41, 5.74) is 2.76.